The summed E-state index contributed by atoms with van der Waals surface area (Å²) in [6.45, 7) is 12.1. The molecule has 0 nitrogen and oxygen atoms in total. The Balaban J connectivity index is 1.64. The summed E-state index contributed by atoms with van der Waals surface area (Å²) in [6, 6.07) is 39.0. The van der Waals surface area contributed by atoms with E-state index in [-0.39, 0.29) is 10.8 Å². The summed E-state index contributed by atoms with van der Waals surface area (Å²) in [7, 11) is -1.82. The van der Waals surface area contributed by atoms with Crippen LogP contribution in [0.1, 0.15) is 62.8 Å². The standard InChI is InChI=1S/C35H40P/c1-27-25-32-33(35(4,5)23-22-34(32,2)3)26-28(27)21-24-36(29-15-9-6-10-16-29,30-17-11-7-12-18-30)31-19-13-8-14-20-31/h6-20,25-26H,21-24H2,1-5H3/q+1. The van der Waals surface area contributed by atoms with Gasteiger partial charge in [-0.15, -0.1) is 0 Å². The van der Waals surface area contributed by atoms with E-state index < -0.39 is 7.26 Å². The monoisotopic (exact) mass is 491 g/mol. The molecule has 0 atom stereocenters. The lowest BCUT2D eigenvalue weighted by molar-refractivity contribution is 0.331. The summed E-state index contributed by atoms with van der Waals surface area (Å²) in [5.41, 5.74) is 6.59. The average Bonchev–Trinajstić information content (AvgIpc) is 2.90. The highest BCUT2D eigenvalue weighted by Crippen LogP contribution is 2.56. The van der Waals surface area contributed by atoms with E-state index in [0.717, 1.165) is 12.6 Å². The molecular formula is C35H40P+. The second-order valence-electron chi connectivity index (χ2n) is 11.9. The van der Waals surface area contributed by atoms with Crippen LogP contribution in [0.2, 0.25) is 0 Å². The summed E-state index contributed by atoms with van der Waals surface area (Å²) in [4.78, 5) is 0. The molecule has 1 aliphatic rings. The normalized spacial score (nSPS) is 16.4. The van der Waals surface area contributed by atoms with Crippen LogP contribution in [-0.4, -0.2) is 6.16 Å². The van der Waals surface area contributed by atoms with E-state index >= 15 is 0 Å². The first-order valence-electron chi connectivity index (χ1n) is 13.4. The number of aryl methyl sites for hydroxylation is 2. The van der Waals surface area contributed by atoms with E-state index in [1.54, 1.807) is 11.1 Å². The number of hydrogen-bond acceptors (Lipinski definition) is 0. The predicted octanol–water partition coefficient (Wildman–Crippen LogP) is 7.88. The van der Waals surface area contributed by atoms with Gasteiger partial charge in [-0.3, -0.25) is 0 Å². The topological polar surface area (TPSA) is 0 Å². The van der Waals surface area contributed by atoms with Crippen molar-refractivity contribution in [2.45, 2.75) is 64.7 Å². The first-order valence-corrected chi connectivity index (χ1v) is 15.4. The van der Waals surface area contributed by atoms with Gasteiger partial charge in [0, 0.05) is 6.42 Å². The van der Waals surface area contributed by atoms with Crippen molar-refractivity contribution in [1.82, 2.24) is 0 Å². The van der Waals surface area contributed by atoms with Crippen LogP contribution in [0.5, 0.6) is 0 Å². The van der Waals surface area contributed by atoms with Gasteiger partial charge in [0.25, 0.3) is 0 Å². The smallest absolute Gasteiger partial charge is 0.0620 e. The van der Waals surface area contributed by atoms with Gasteiger partial charge in [0.15, 0.2) is 0 Å². The molecule has 4 aromatic carbocycles. The van der Waals surface area contributed by atoms with E-state index in [2.05, 4.69) is 138 Å². The average molecular weight is 492 g/mol. The van der Waals surface area contributed by atoms with Gasteiger partial charge < -0.3 is 0 Å². The summed E-state index contributed by atoms with van der Waals surface area (Å²) < 4.78 is 0. The third-order valence-electron chi connectivity index (χ3n) is 8.62. The molecule has 0 heterocycles. The maximum Gasteiger partial charge on any atom is 0.112 e. The molecule has 0 amide bonds. The predicted molar refractivity (Wildman–Crippen MR) is 160 cm³/mol. The van der Waals surface area contributed by atoms with Gasteiger partial charge in [-0.1, -0.05) is 94.4 Å². The maximum absolute atomic E-state index is 2.58. The van der Waals surface area contributed by atoms with E-state index in [4.69, 9.17) is 0 Å². The van der Waals surface area contributed by atoms with Crippen LogP contribution in [0.25, 0.3) is 0 Å². The van der Waals surface area contributed by atoms with Crippen molar-refractivity contribution >= 4 is 23.2 Å². The second kappa shape index (κ2) is 9.64. The van der Waals surface area contributed by atoms with Gasteiger partial charge in [-0.05, 0) is 89.2 Å². The molecule has 0 aliphatic heterocycles. The summed E-state index contributed by atoms with van der Waals surface area (Å²) in [6.07, 6.45) is 4.73. The molecule has 5 rings (SSSR count). The molecule has 0 unspecified atom stereocenters. The van der Waals surface area contributed by atoms with Gasteiger partial charge in [0.2, 0.25) is 0 Å². The zero-order valence-electron chi connectivity index (χ0n) is 22.6. The van der Waals surface area contributed by atoms with Crippen molar-refractivity contribution in [3.8, 4) is 0 Å². The highest BCUT2D eigenvalue weighted by Gasteiger charge is 2.45. The van der Waals surface area contributed by atoms with E-state index in [0.29, 0.717) is 0 Å². The van der Waals surface area contributed by atoms with Crippen LogP contribution < -0.4 is 15.9 Å². The molecule has 0 bridgehead atoms. The molecule has 0 spiro atoms. The lowest BCUT2D eigenvalue weighted by Gasteiger charge is -2.42. The van der Waals surface area contributed by atoms with Crippen LogP contribution in [0.3, 0.4) is 0 Å². The molecule has 36 heavy (non-hydrogen) atoms. The van der Waals surface area contributed by atoms with Crippen LogP contribution in [0.4, 0.5) is 0 Å². The van der Waals surface area contributed by atoms with Gasteiger partial charge in [0.05, 0.1) is 6.16 Å². The van der Waals surface area contributed by atoms with Crippen LogP contribution in [-0.2, 0) is 17.3 Å². The molecule has 184 valence electrons. The molecule has 0 fully saturated rings. The van der Waals surface area contributed by atoms with Gasteiger partial charge >= 0.3 is 0 Å². The van der Waals surface area contributed by atoms with Crippen molar-refractivity contribution in [2.24, 2.45) is 0 Å². The lowest BCUT2D eigenvalue weighted by Crippen LogP contribution is -2.35. The number of benzene rings is 4. The van der Waals surface area contributed by atoms with Crippen molar-refractivity contribution in [3.63, 3.8) is 0 Å². The number of hydrogen-bond donors (Lipinski definition) is 0. The molecule has 4 aromatic rings. The lowest BCUT2D eigenvalue weighted by atomic mass is 9.62. The number of rotatable bonds is 6. The van der Waals surface area contributed by atoms with Crippen LogP contribution >= 0.6 is 7.26 Å². The Morgan fingerprint density at radius 1 is 0.583 bits per heavy atom. The van der Waals surface area contributed by atoms with Crippen LogP contribution in [0.15, 0.2) is 103 Å². The fraction of sp³-hybridized carbons (Fsp3) is 0.314. The molecule has 0 radical (unpaired) electrons. The zero-order chi connectivity index (χ0) is 25.4. The van der Waals surface area contributed by atoms with Crippen molar-refractivity contribution in [3.05, 3.63) is 125 Å². The van der Waals surface area contributed by atoms with Crippen LogP contribution in [0, 0.1) is 6.92 Å². The molecule has 0 saturated carbocycles. The number of fused-ring (bicyclic) bond motifs is 1. The third kappa shape index (κ3) is 4.46. The van der Waals surface area contributed by atoms with Gasteiger partial charge in [0.1, 0.15) is 23.2 Å². The summed E-state index contributed by atoms with van der Waals surface area (Å²) in [5.74, 6) is 0. The van der Waals surface area contributed by atoms with Gasteiger partial charge in [-0.2, -0.15) is 0 Å². The van der Waals surface area contributed by atoms with Gasteiger partial charge in [-0.25, -0.2) is 0 Å². The molecular weight excluding hydrogens is 451 g/mol. The fourth-order valence-electron chi connectivity index (χ4n) is 6.21. The molecule has 1 heteroatoms. The van der Waals surface area contributed by atoms with E-state index in [9.17, 15) is 0 Å². The Morgan fingerprint density at radius 3 is 1.39 bits per heavy atom. The highest BCUT2D eigenvalue weighted by atomic mass is 31.2. The Kier molecular flexibility index (Phi) is 6.69. The Hall–Kier alpha value is -2.69. The van der Waals surface area contributed by atoms with Crippen molar-refractivity contribution < 1.29 is 0 Å². The van der Waals surface area contributed by atoms with E-state index in [1.165, 1.54) is 39.9 Å². The first-order chi connectivity index (χ1) is 17.2. The Bertz CT molecular complexity index is 1220. The van der Waals surface area contributed by atoms with E-state index in [1.807, 2.05) is 0 Å². The zero-order valence-corrected chi connectivity index (χ0v) is 23.5. The first kappa shape index (κ1) is 25.0. The fourth-order valence-corrected chi connectivity index (χ4v) is 10.5. The third-order valence-corrected chi connectivity index (χ3v) is 13.1. The Labute approximate surface area is 219 Å². The van der Waals surface area contributed by atoms with Crippen molar-refractivity contribution in [2.75, 3.05) is 6.16 Å². The minimum atomic E-state index is -1.82. The molecule has 0 aromatic heterocycles. The molecule has 0 saturated heterocycles. The minimum Gasteiger partial charge on any atom is -0.0620 e. The second-order valence-corrected chi connectivity index (χ2v) is 15.5. The summed E-state index contributed by atoms with van der Waals surface area (Å²) >= 11 is 0. The molecule has 0 N–H and O–H groups in total. The largest absolute Gasteiger partial charge is 0.112 e. The quantitative estimate of drug-likeness (QED) is 0.241. The van der Waals surface area contributed by atoms with Crippen molar-refractivity contribution in [1.29, 1.82) is 0 Å². The molecule has 1 aliphatic carbocycles. The summed E-state index contributed by atoms with van der Waals surface area (Å²) in [5, 5.41) is 4.42. The minimum absolute atomic E-state index is 0.234. The maximum atomic E-state index is 2.58. The SMILES string of the molecule is Cc1cc2c(cc1CC[P+](c1ccccc1)(c1ccccc1)c1ccccc1)C(C)(C)CCC2(C)C. The Morgan fingerprint density at radius 2 is 0.972 bits per heavy atom. The highest BCUT2D eigenvalue weighted by molar-refractivity contribution is 7.95.